The van der Waals surface area contributed by atoms with E-state index in [0.717, 1.165) is 25.2 Å². The average Bonchev–Trinajstić information content (AvgIpc) is 2.14. The molecule has 1 rings (SSSR count). The molecule has 0 saturated heterocycles. The van der Waals surface area contributed by atoms with E-state index < -0.39 is 0 Å². The lowest BCUT2D eigenvalue weighted by Gasteiger charge is -2.16. The first-order valence-electron chi connectivity index (χ1n) is 5.42. The Morgan fingerprint density at radius 1 is 1.20 bits per heavy atom. The minimum atomic E-state index is 0.165. The summed E-state index contributed by atoms with van der Waals surface area (Å²) in [5, 5.41) is 0. The van der Waals surface area contributed by atoms with Crippen LogP contribution in [0.5, 0.6) is 5.75 Å². The molecule has 0 aliphatic heterocycles. The fraction of sp³-hybridized carbons (Fsp3) is 0.538. The van der Waals surface area contributed by atoms with Crippen molar-refractivity contribution >= 4 is 15.9 Å². The molecule has 1 aromatic rings. The molecule has 0 aliphatic carbocycles. The molecule has 0 bridgehead atoms. The molecular formula is C13H19BrO. The van der Waals surface area contributed by atoms with Crippen molar-refractivity contribution in [3.63, 3.8) is 0 Å². The van der Waals surface area contributed by atoms with Gasteiger partial charge in [-0.1, -0.05) is 35.0 Å². The van der Waals surface area contributed by atoms with E-state index in [0.29, 0.717) is 0 Å². The molecule has 0 saturated carbocycles. The molecule has 0 aromatic heterocycles. The van der Waals surface area contributed by atoms with Crippen molar-refractivity contribution < 1.29 is 4.74 Å². The third kappa shape index (κ3) is 5.22. The van der Waals surface area contributed by atoms with Crippen LogP contribution in [-0.4, -0.2) is 10.9 Å². The summed E-state index contributed by atoms with van der Waals surface area (Å²) in [6.45, 7) is 7.26. The van der Waals surface area contributed by atoms with Crippen LogP contribution in [0.2, 0.25) is 0 Å². The minimum Gasteiger partial charge on any atom is -0.494 e. The Hall–Kier alpha value is -0.500. The molecule has 0 N–H and O–H groups in total. The predicted octanol–water partition coefficient (Wildman–Crippen LogP) is 4.19. The molecular weight excluding hydrogens is 252 g/mol. The third-order valence-corrected chi connectivity index (χ3v) is 2.30. The van der Waals surface area contributed by atoms with E-state index in [1.54, 1.807) is 0 Å². The van der Waals surface area contributed by atoms with Gasteiger partial charge < -0.3 is 4.74 Å². The van der Waals surface area contributed by atoms with Crippen LogP contribution in [0, 0.1) is 0 Å². The molecule has 15 heavy (non-hydrogen) atoms. The molecule has 0 atom stereocenters. The van der Waals surface area contributed by atoms with Crippen molar-refractivity contribution in [1.82, 2.24) is 0 Å². The Morgan fingerprint density at radius 2 is 1.80 bits per heavy atom. The zero-order chi connectivity index (χ0) is 11.3. The van der Waals surface area contributed by atoms with Crippen LogP contribution in [0.1, 0.15) is 32.8 Å². The van der Waals surface area contributed by atoms with Crippen LogP contribution in [-0.2, 0) is 6.42 Å². The lowest BCUT2D eigenvalue weighted by molar-refractivity contribution is 0.317. The molecule has 0 spiro atoms. The van der Waals surface area contributed by atoms with Gasteiger partial charge in [-0.15, -0.1) is 0 Å². The Balaban J connectivity index is 2.56. The van der Waals surface area contributed by atoms with E-state index in [4.69, 9.17) is 4.74 Å². The largest absolute Gasteiger partial charge is 0.494 e. The van der Waals surface area contributed by atoms with Crippen molar-refractivity contribution in [2.24, 2.45) is 0 Å². The fourth-order valence-electron chi connectivity index (χ4n) is 1.41. The van der Waals surface area contributed by atoms with Crippen molar-refractivity contribution in [2.45, 2.75) is 37.9 Å². The quantitative estimate of drug-likeness (QED) is 0.729. The maximum atomic E-state index is 5.53. The standard InChI is InChI=1S/C13H19BrO/c1-4-9-15-12-7-5-11(6-8-12)10-13(2,3)14/h5-8H,4,9-10H2,1-3H3. The average molecular weight is 271 g/mol. The number of hydrogen-bond acceptors (Lipinski definition) is 1. The predicted molar refractivity (Wildman–Crippen MR) is 68.9 cm³/mol. The zero-order valence-corrected chi connectivity index (χ0v) is 11.3. The Bertz CT molecular complexity index is 284. The van der Waals surface area contributed by atoms with E-state index in [1.165, 1.54) is 5.56 Å². The minimum absolute atomic E-state index is 0.165. The van der Waals surface area contributed by atoms with E-state index in [-0.39, 0.29) is 4.32 Å². The summed E-state index contributed by atoms with van der Waals surface area (Å²) in [6.07, 6.45) is 2.08. The summed E-state index contributed by atoms with van der Waals surface area (Å²) in [5.41, 5.74) is 1.33. The monoisotopic (exact) mass is 270 g/mol. The highest BCUT2D eigenvalue weighted by Crippen LogP contribution is 2.23. The normalized spacial score (nSPS) is 11.5. The first-order chi connectivity index (χ1) is 7.01. The van der Waals surface area contributed by atoms with Crippen LogP contribution < -0.4 is 4.74 Å². The Morgan fingerprint density at radius 3 is 2.27 bits per heavy atom. The molecule has 0 radical (unpaired) electrons. The van der Waals surface area contributed by atoms with Crippen molar-refractivity contribution in [1.29, 1.82) is 0 Å². The molecule has 0 aliphatic rings. The number of alkyl halides is 1. The highest BCUT2D eigenvalue weighted by atomic mass is 79.9. The third-order valence-electron chi connectivity index (χ3n) is 2.02. The highest BCUT2D eigenvalue weighted by Gasteiger charge is 2.12. The number of halogens is 1. The number of ether oxygens (including phenoxy) is 1. The van der Waals surface area contributed by atoms with Crippen molar-refractivity contribution in [3.05, 3.63) is 29.8 Å². The number of rotatable bonds is 5. The van der Waals surface area contributed by atoms with Gasteiger partial charge >= 0.3 is 0 Å². The van der Waals surface area contributed by atoms with Gasteiger partial charge in [0.25, 0.3) is 0 Å². The van der Waals surface area contributed by atoms with Gasteiger partial charge in [-0.2, -0.15) is 0 Å². The second-order valence-corrected chi connectivity index (χ2v) is 6.53. The summed E-state index contributed by atoms with van der Waals surface area (Å²) in [7, 11) is 0. The van der Waals surface area contributed by atoms with Gasteiger partial charge in [0, 0.05) is 4.32 Å². The SMILES string of the molecule is CCCOc1ccc(CC(C)(C)Br)cc1. The van der Waals surface area contributed by atoms with Crippen molar-refractivity contribution in [2.75, 3.05) is 6.61 Å². The lowest BCUT2D eigenvalue weighted by Crippen LogP contribution is -2.12. The van der Waals surface area contributed by atoms with E-state index in [1.807, 2.05) is 12.1 Å². The molecule has 0 fully saturated rings. The maximum Gasteiger partial charge on any atom is 0.119 e. The van der Waals surface area contributed by atoms with Gasteiger partial charge in [0.05, 0.1) is 6.61 Å². The Labute approximate surface area is 101 Å². The van der Waals surface area contributed by atoms with Gasteiger partial charge in [0.1, 0.15) is 5.75 Å². The molecule has 1 nitrogen and oxygen atoms in total. The number of hydrogen-bond donors (Lipinski definition) is 0. The van der Waals surface area contributed by atoms with E-state index in [2.05, 4.69) is 48.8 Å². The van der Waals surface area contributed by atoms with Crippen LogP contribution in [0.25, 0.3) is 0 Å². The number of benzene rings is 1. The van der Waals surface area contributed by atoms with Crippen LogP contribution in [0.4, 0.5) is 0 Å². The second kappa shape index (κ2) is 5.55. The first-order valence-corrected chi connectivity index (χ1v) is 6.21. The first kappa shape index (κ1) is 12.6. The van der Waals surface area contributed by atoms with Gasteiger partial charge in [0.2, 0.25) is 0 Å². The van der Waals surface area contributed by atoms with Gasteiger partial charge in [-0.25, -0.2) is 0 Å². The zero-order valence-electron chi connectivity index (χ0n) is 9.72. The van der Waals surface area contributed by atoms with Crippen LogP contribution >= 0.6 is 15.9 Å². The molecule has 0 unspecified atom stereocenters. The molecule has 84 valence electrons. The van der Waals surface area contributed by atoms with Gasteiger partial charge in [0.15, 0.2) is 0 Å². The summed E-state index contributed by atoms with van der Waals surface area (Å²) < 4.78 is 5.69. The van der Waals surface area contributed by atoms with Crippen LogP contribution in [0.3, 0.4) is 0 Å². The maximum absolute atomic E-state index is 5.53. The molecule has 1 aromatic carbocycles. The fourth-order valence-corrected chi connectivity index (χ4v) is 1.73. The van der Waals surface area contributed by atoms with E-state index in [9.17, 15) is 0 Å². The van der Waals surface area contributed by atoms with Crippen LogP contribution in [0.15, 0.2) is 24.3 Å². The Kier molecular flexibility index (Phi) is 4.65. The molecule has 0 heterocycles. The summed E-state index contributed by atoms with van der Waals surface area (Å²) >= 11 is 3.64. The van der Waals surface area contributed by atoms with Gasteiger partial charge in [-0.3, -0.25) is 0 Å². The molecule has 2 heteroatoms. The van der Waals surface area contributed by atoms with E-state index >= 15 is 0 Å². The topological polar surface area (TPSA) is 9.23 Å². The molecule has 0 amide bonds. The lowest BCUT2D eigenvalue weighted by atomic mass is 10.0. The smallest absolute Gasteiger partial charge is 0.119 e. The summed E-state index contributed by atoms with van der Waals surface area (Å²) in [4.78, 5) is 0. The van der Waals surface area contributed by atoms with Gasteiger partial charge in [-0.05, 0) is 44.4 Å². The summed E-state index contributed by atoms with van der Waals surface area (Å²) in [5.74, 6) is 0.966. The highest BCUT2D eigenvalue weighted by molar-refractivity contribution is 9.10. The second-order valence-electron chi connectivity index (χ2n) is 4.39. The summed E-state index contributed by atoms with van der Waals surface area (Å²) in [6, 6.07) is 8.36. The van der Waals surface area contributed by atoms with Crippen molar-refractivity contribution in [3.8, 4) is 5.75 Å².